The van der Waals surface area contributed by atoms with E-state index in [-0.39, 0.29) is 17.8 Å². The van der Waals surface area contributed by atoms with Gasteiger partial charge in [0.1, 0.15) is 11.5 Å². The maximum absolute atomic E-state index is 13.0. The van der Waals surface area contributed by atoms with Crippen molar-refractivity contribution in [2.45, 2.75) is 6.54 Å². The van der Waals surface area contributed by atoms with Gasteiger partial charge in [0.25, 0.3) is 0 Å². The van der Waals surface area contributed by atoms with E-state index in [1.165, 1.54) is 12.1 Å². The molecule has 6 heteroatoms. The molecule has 0 saturated carbocycles. The normalized spacial score (nSPS) is 9.00. The fourth-order valence-electron chi connectivity index (χ4n) is 0.829. The minimum absolute atomic E-state index is 0.0159. The SMILES string of the molecule is [N-]=[N+]=NCc1ccc(N=O)cc1F. The van der Waals surface area contributed by atoms with E-state index in [1.807, 2.05) is 0 Å². The van der Waals surface area contributed by atoms with E-state index in [9.17, 15) is 9.30 Å². The minimum atomic E-state index is -0.593. The zero-order valence-corrected chi connectivity index (χ0v) is 6.51. The van der Waals surface area contributed by atoms with E-state index in [1.54, 1.807) is 0 Å². The van der Waals surface area contributed by atoms with Crippen LogP contribution in [0.25, 0.3) is 10.4 Å². The first kappa shape index (κ1) is 9.15. The number of nitroso groups, excluding NO2 is 1. The van der Waals surface area contributed by atoms with Crippen LogP contribution in [0.15, 0.2) is 28.5 Å². The number of nitrogens with zero attached hydrogens (tertiary/aromatic N) is 4. The highest BCUT2D eigenvalue weighted by atomic mass is 19.1. The summed E-state index contributed by atoms with van der Waals surface area (Å²) in [5.74, 6) is -0.593. The Balaban J connectivity index is 2.97. The van der Waals surface area contributed by atoms with Crippen LogP contribution in [0.5, 0.6) is 0 Å². The second kappa shape index (κ2) is 4.18. The van der Waals surface area contributed by atoms with E-state index in [4.69, 9.17) is 5.53 Å². The summed E-state index contributed by atoms with van der Waals surface area (Å²) in [6.07, 6.45) is 0. The summed E-state index contributed by atoms with van der Waals surface area (Å²) < 4.78 is 13.0. The monoisotopic (exact) mass is 180 g/mol. The van der Waals surface area contributed by atoms with Gasteiger partial charge in [-0.2, -0.15) is 0 Å². The van der Waals surface area contributed by atoms with E-state index in [0.717, 1.165) is 6.07 Å². The highest BCUT2D eigenvalue weighted by Gasteiger charge is 2.01. The van der Waals surface area contributed by atoms with Crippen molar-refractivity contribution in [2.24, 2.45) is 10.3 Å². The summed E-state index contributed by atoms with van der Waals surface area (Å²) in [6.45, 7) is -0.0680. The Kier molecular flexibility index (Phi) is 2.94. The highest BCUT2D eigenvalue weighted by molar-refractivity contribution is 5.39. The van der Waals surface area contributed by atoms with Gasteiger partial charge in [-0.25, -0.2) is 4.39 Å². The number of rotatable bonds is 3. The fourth-order valence-corrected chi connectivity index (χ4v) is 0.829. The lowest BCUT2D eigenvalue weighted by Gasteiger charge is -1.97. The standard InChI is InChI=1S/C7H5FN4O/c8-7-3-6(11-13)2-1-5(7)4-10-12-9/h1-3H,4H2. The Hall–Kier alpha value is -1.94. The Morgan fingerprint density at radius 3 is 2.85 bits per heavy atom. The Morgan fingerprint density at radius 2 is 2.31 bits per heavy atom. The van der Waals surface area contributed by atoms with Crippen molar-refractivity contribution in [1.82, 2.24) is 0 Å². The quantitative estimate of drug-likeness (QED) is 0.304. The minimum Gasteiger partial charge on any atom is -0.207 e. The van der Waals surface area contributed by atoms with Crippen LogP contribution in [-0.2, 0) is 6.54 Å². The molecule has 1 aromatic rings. The van der Waals surface area contributed by atoms with Crippen LogP contribution in [0.1, 0.15) is 5.56 Å². The predicted octanol–water partition coefficient (Wildman–Crippen LogP) is 3.03. The summed E-state index contributed by atoms with van der Waals surface area (Å²) >= 11 is 0. The van der Waals surface area contributed by atoms with Crippen LogP contribution in [0.3, 0.4) is 0 Å². The van der Waals surface area contributed by atoms with E-state index in [2.05, 4.69) is 15.2 Å². The molecule has 0 spiro atoms. The molecule has 0 N–H and O–H groups in total. The van der Waals surface area contributed by atoms with Gasteiger partial charge in [-0.15, -0.1) is 4.91 Å². The molecule has 1 aromatic carbocycles. The third-order valence-corrected chi connectivity index (χ3v) is 1.45. The van der Waals surface area contributed by atoms with Crippen LogP contribution in [0.4, 0.5) is 10.1 Å². The van der Waals surface area contributed by atoms with Crippen LogP contribution in [0.2, 0.25) is 0 Å². The number of halogens is 1. The molecule has 0 amide bonds. The summed E-state index contributed by atoms with van der Waals surface area (Å²) in [6, 6.07) is 3.72. The molecule has 0 atom stereocenters. The van der Waals surface area contributed by atoms with Crippen molar-refractivity contribution >= 4 is 5.69 Å². The zero-order chi connectivity index (χ0) is 9.68. The maximum atomic E-state index is 13.0. The highest BCUT2D eigenvalue weighted by Crippen LogP contribution is 2.17. The predicted molar refractivity (Wildman–Crippen MR) is 44.7 cm³/mol. The van der Waals surface area contributed by atoms with Crippen molar-refractivity contribution in [3.63, 3.8) is 0 Å². The molecule has 0 saturated heterocycles. The molecule has 1 rings (SSSR count). The lowest BCUT2D eigenvalue weighted by atomic mass is 10.2. The second-order valence-corrected chi connectivity index (χ2v) is 2.26. The van der Waals surface area contributed by atoms with Gasteiger partial charge in [0.05, 0.1) is 6.54 Å². The second-order valence-electron chi connectivity index (χ2n) is 2.26. The molecule has 66 valence electrons. The maximum Gasteiger partial charge on any atom is 0.128 e. The lowest BCUT2D eigenvalue weighted by molar-refractivity contribution is 0.611. The molecule has 0 aliphatic carbocycles. The van der Waals surface area contributed by atoms with Gasteiger partial charge in [0, 0.05) is 11.0 Å². The third kappa shape index (κ3) is 2.25. The Morgan fingerprint density at radius 1 is 1.54 bits per heavy atom. The molecule has 0 unspecified atom stereocenters. The summed E-state index contributed by atoms with van der Waals surface area (Å²) in [4.78, 5) is 12.5. The lowest BCUT2D eigenvalue weighted by Crippen LogP contribution is -1.86. The first-order valence-corrected chi connectivity index (χ1v) is 3.40. The number of benzene rings is 1. The van der Waals surface area contributed by atoms with Crippen LogP contribution in [0, 0.1) is 10.7 Å². The Bertz CT molecular complexity index is 373. The van der Waals surface area contributed by atoms with E-state index in [0.29, 0.717) is 0 Å². The van der Waals surface area contributed by atoms with Crippen LogP contribution < -0.4 is 0 Å². The molecule has 0 aliphatic rings. The topological polar surface area (TPSA) is 78.2 Å². The molecular weight excluding hydrogens is 175 g/mol. The van der Waals surface area contributed by atoms with Gasteiger partial charge in [-0.05, 0) is 22.3 Å². The number of hydrogen-bond donors (Lipinski definition) is 0. The first-order valence-electron chi connectivity index (χ1n) is 3.40. The average molecular weight is 180 g/mol. The third-order valence-electron chi connectivity index (χ3n) is 1.45. The summed E-state index contributed by atoms with van der Waals surface area (Å²) in [5, 5.41) is 5.75. The molecule has 5 nitrogen and oxygen atoms in total. The van der Waals surface area contributed by atoms with Crippen molar-refractivity contribution in [3.8, 4) is 0 Å². The number of azide groups is 1. The van der Waals surface area contributed by atoms with Gasteiger partial charge in [-0.3, -0.25) is 0 Å². The van der Waals surface area contributed by atoms with Crippen LogP contribution in [-0.4, -0.2) is 0 Å². The van der Waals surface area contributed by atoms with Gasteiger partial charge in [0.15, 0.2) is 0 Å². The molecule has 0 aromatic heterocycles. The van der Waals surface area contributed by atoms with Crippen molar-refractivity contribution in [3.05, 3.63) is 44.9 Å². The molecule has 0 aliphatic heterocycles. The molecular formula is C7H5FN4O. The molecule has 0 radical (unpaired) electrons. The fraction of sp³-hybridized carbons (Fsp3) is 0.143. The average Bonchev–Trinajstić information content (AvgIpc) is 2.16. The van der Waals surface area contributed by atoms with Crippen molar-refractivity contribution < 1.29 is 4.39 Å². The zero-order valence-electron chi connectivity index (χ0n) is 6.51. The molecule has 0 bridgehead atoms. The molecule has 13 heavy (non-hydrogen) atoms. The van der Waals surface area contributed by atoms with E-state index >= 15 is 0 Å². The first-order chi connectivity index (χ1) is 6.27. The van der Waals surface area contributed by atoms with Gasteiger partial charge in [-0.1, -0.05) is 11.2 Å². The smallest absolute Gasteiger partial charge is 0.128 e. The van der Waals surface area contributed by atoms with Crippen molar-refractivity contribution in [1.29, 1.82) is 0 Å². The van der Waals surface area contributed by atoms with Gasteiger partial charge >= 0.3 is 0 Å². The largest absolute Gasteiger partial charge is 0.207 e. The van der Waals surface area contributed by atoms with Crippen LogP contribution >= 0.6 is 0 Å². The van der Waals surface area contributed by atoms with Gasteiger partial charge < -0.3 is 0 Å². The van der Waals surface area contributed by atoms with E-state index < -0.39 is 5.82 Å². The van der Waals surface area contributed by atoms with Crippen molar-refractivity contribution in [2.75, 3.05) is 0 Å². The van der Waals surface area contributed by atoms with Gasteiger partial charge in [0.2, 0.25) is 0 Å². The number of hydrogen-bond acceptors (Lipinski definition) is 3. The Labute approximate surface area is 72.8 Å². The molecule has 0 heterocycles. The summed E-state index contributed by atoms with van der Waals surface area (Å²) in [7, 11) is 0. The molecule has 0 fully saturated rings. The summed E-state index contributed by atoms with van der Waals surface area (Å²) in [5.41, 5.74) is 8.24.